The highest BCUT2D eigenvalue weighted by Crippen LogP contribution is 2.32. The third-order valence-electron chi connectivity index (χ3n) is 4.68. The van der Waals surface area contributed by atoms with Gasteiger partial charge < -0.3 is 14.8 Å². The first-order valence-electron chi connectivity index (χ1n) is 10.4. The van der Waals surface area contributed by atoms with Gasteiger partial charge in [-0.05, 0) is 42.6 Å². The van der Waals surface area contributed by atoms with Gasteiger partial charge in [0.2, 0.25) is 15.7 Å². The van der Waals surface area contributed by atoms with E-state index in [1.165, 1.54) is 11.3 Å². The zero-order chi connectivity index (χ0) is 23.4. The van der Waals surface area contributed by atoms with Crippen LogP contribution in [0.4, 0.5) is 5.69 Å². The van der Waals surface area contributed by atoms with Crippen molar-refractivity contribution in [3.05, 3.63) is 64.9 Å². The number of pyridine rings is 1. The topological polar surface area (TPSA) is 84.3 Å². The molecule has 2 heterocycles. The normalized spacial score (nSPS) is 12.1. The fraction of sp³-hybridized carbons (Fsp3) is 0.375. The van der Waals surface area contributed by atoms with E-state index < -0.39 is 5.60 Å². The van der Waals surface area contributed by atoms with Crippen LogP contribution in [0, 0.1) is 0 Å². The number of amides is 1. The standard InChI is InChI=1S/C24H29N3O3SSi/c1-23(2,3)32-30-24(4,5)18-7-6-17(14-28)20(12-18)27-21(29)13-19-15-31-22(26-19)16-8-10-25-11-9-16/h6-12,15,28H,13-14H2,1-5H3,(H,27,29). The van der Waals surface area contributed by atoms with Crippen molar-refractivity contribution in [3.63, 3.8) is 0 Å². The van der Waals surface area contributed by atoms with Crippen molar-refractivity contribution in [1.82, 2.24) is 9.97 Å². The molecule has 1 amide bonds. The Kier molecular flexibility index (Phi) is 7.61. The van der Waals surface area contributed by atoms with Crippen molar-refractivity contribution in [2.24, 2.45) is 0 Å². The van der Waals surface area contributed by atoms with Crippen LogP contribution in [-0.2, 0) is 27.8 Å². The molecule has 2 N–H and O–H groups in total. The summed E-state index contributed by atoms with van der Waals surface area (Å²) in [5.74, 6) is -0.182. The first-order chi connectivity index (χ1) is 15.1. The minimum absolute atomic E-state index is 0.0714. The lowest BCUT2D eigenvalue weighted by Crippen LogP contribution is -2.28. The molecule has 0 fully saturated rings. The van der Waals surface area contributed by atoms with E-state index in [2.05, 4.69) is 36.1 Å². The lowest BCUT2D eigenvalue weighted by Gasteiger charge is -2.30. The van der Waals surface area contributed by atoms with Crippen LogP contribution >= 0.6 is 11.3 Å². The number of anilines is 1. The predicted octanol–water partition coefficient (Wildman–Crippen LogP) is 4.97. The van der Waals surface area contributed by atoms with Gasteiger partial charge >= 0.3 is 0 Å². The SMILES string of the molecule is CC(C)(C)[Si]OC(C)(C)c1ccc(CO)c(NC(=O)Cc2csc(-c3ccncc3)n2)c1. The first-order valence-corrected chi connectivity index (χ1v) is 12.2. The van der Waals surface area contributed by atoms with Gasteiger partial charge in [0.15, 0.2) is 0 Å². The summed E-state index contributed by atoms with van der Waals surface area (Å²) < 4.78 is 6.19. The van der Waals surface area contributed by atoms with Gasteiger partial charge in [0.1, 0.15) is 5.01 Å². The number of thiazole rings is 1. The van der Waals surface area contributed by atoms with Gasteiger partial charge in [-0.25, -0.2) is 4.98 Å². The lowest BCUT2D eigenvalue weighted by molar-refractivity contribution is -0.115. The Hall–Kier alpha value is -2.39. The second-order valence-electron chi connectivity index (χ2n) is 9.10. The number of nitrogens with one attached hydrogen (secondary N) is 1. The number of carbonyl (C=O) groups excluding carboxylic acids is 1. The Balaban J connectivity index is 1.72. The Morgan fingerprint density at radius 1 is 1.16 bits per heavy atom. The Morgan fingerprint density at radius 3 is 2.53 bits per heavy atom. The molecular weight excluding hydrogens is 438 g/mol. The molecule has 0 aliphatic rings. The molecule has 0 aliphatic carbocycles. The van der Waals surface area contributed by atoms with Crippen LogP contribution in [0.2, 0.25) is 5.04 Å². The molecule has 2 aromatic heterocycles. The number of rotatable bonds is 8. The van der Waals surface area contributed by atoms with E-state index in [1.54, 1.807) is 12.4 Å². The minimum Gasteiger partial charge on any atom is -0.408 e. The average molecular weight is 468 g/mol. The van der Waals surface area contributed by atoms with Gasteiger partial charge in [0.25, 0.3) is 0 Å². The summed E-state index contributed by atoms with van der Waals surface area (Å²) in [5.41, 5.74) is 3.35. The molecule has 168 valence electrons. The Bertz CT molecular complexity index is 1060. The summed E-state index contributed by atoms with van der Waals surface area (Å²) in [6.45, 7) is 10.3. The molecule has 3 rings (SSSR count). The maximum atomic E-state index is 12.7. The quantitative estimate of drug-likeness (QED) is 0.457. The van der Waals surface area contributed by atoms with Crippen molar-refractivity contribution in [1.29, 1.82) is 0 Å². The number of hydrogen-bond donors (Lipinski definition) is 2. The fourth-order valence-corrected chi connectivity index (χ4v) is 4.42. The van der Waals surface area contributed by atoms with Gasteiger partial charge in [-0.1, -0.05) is 32.9 Å². The van der Waals surface area contributed by atoms with Crippen LogP contribution in [-0.4, -0.2) is 30.7 Å². The molecule has 0 spiro atoms. The highest BCUT2D eigenvalue weighted by molar-refractivity contribution is 7.13. The number of aliphatic hydroxyl groups excluding tert-OH is 1. The number of benzene rings is 1. The molecule has 2 radical (unpaired) electrons. The van der Waals surface area contributed by atoms with Crippen molar-refractivity contribution in [2.75, 3.05) is 5.32 Å². The summed E-state index contributed by atoms with van der Waals surface area (Å²) in [6.07, 6.45) is 3.60. The number of aliphatic hydroxyl groups is 1. The van der Waals surface area contributed by atoms with Crippen molar-refractivity contribution in [2.45, 2.75) is 58.3 Å². The summed E-state index contributed by atoms with van der Waals surface area (Å²) in [5, 5.41) is 15.5. The second kappa shape index (κ2) is 10.0. The molecule has 0 bridgehead atoms. The molecule has 0 unspecified atom stereocenters. The average Bonchev–Trinajstić information content (AvgIpc) is 3.21. The van der Waals surface area contributed by atoms with Crippen molar-refractivity contribution < 1.29 is 14.3 Å². The van der Waals surface area contributed by atoms with E-state index in [0.29, 0.717) is 26.7 Å². The van der Waals surface area contributed by atoms with Crippen LogP contribution < -0.4 is 5.32 Å². The number of aromatic nitrogens is 2. The third-order valence-corrected chi connectivity index (χ3v) is 6.85. The maximum Gasteiger partial charge on any atom is 0.236 e. The molecule has 3 aromatic rings. The molecule has 8 heteroatoms. The van der Waals surface area contributed by atoms with Gasteiger partial charge in [0, 0.05) is 34.6 Å². The zero-order valence-corrected chi connectivity index (χ0v) is 20.9. The van der Waals surface area contributed by atoms with E-state index in [-0.39, 0.29) is 24.0 Å². The van der Waals surface area contributed by atoms with E-state index >= 15 is 0 Å². The molecule has 0 saturated carbocycles. The van der Waals surface area contributed by atoms with Gasteiger partial charge in [-0.15, -0.1) is 11.3 Å². The summed E-state index contributed by atoms with van der Waals surface area (Å²) >= 11 is 1.50. The Labute approximate surface area is 196 Å². The number of carbonyl (C=O) groups is 1. The van der Waals surface area contributed by atoms with Gasteiger partial charge in [-0.3, -0.25) is 9.78 Å². The molecule has 0 atom stereocenters. The molecule has 0 aliphatic heterocycles. The largest absolute Gasteiger partial charge is 0.408 e. The van der Waals surface area contributed by atoms with Gasteiger partial charge in [-0.2, -0.15) is 0 Å². The number of hydrogen-bond acceptors (Lipinski definition) is 6. The fourth-order valence-electron chi connectivity index (χ4n) is 2.92. The van der Waals surface area contributed by atoms with Crippen LogP contribution in [0.25, 0.3) is 10.6 Å². The Morgan fingerprint density at radius 2 is 1.88 bits per heavy atom. The smallest absolute Gasteiger partial charge is 0.236 e. The van der Waals surface area contributed by atoms with Crippen LogP contribution in [0.1, 0.15) is 51.4 Å². The van der Waals surface area contributed by atoms with Crippen LogP contribution in [0.5, 0.6) is 0 Å². The molecular formula is C24H29N3O3SSi. The summed E-state index contributed by atoms with van der Waals surface area (Å²) in [7, 11) is 0.332. The van der Waals surface area contributed by atoms with Crippen molar-refractivity contribution in [3.8, 4) is 10.6 Å². The van der Waals surface area contributed by atoms with E-state index in [1.807, 2.05) is 49.6 Å². The zero-order valence-electron chi connectivity index (χ0n) is 19.1. The van der Waals surface area contributed by atoms with E-state index in [9.17, 15) is 9.90 Å². The van der Waals surface area contributed by atoms with Crippen molar-refractivity contribution >= 4 is 32.7 Å². The minimum atomic E-state index is -0.520. The molecule has 1 aromatic carbocycles. The third kappa shape index (κ3) is 6.55. The summed E-state index contributed by atoms with van der Waals surface area (Å²) in [6, 6.07) is 9.45. The van der Waals surface area contributed by atoms with Crippen LogP contribution in [0.15, 0.2) is 48.1 Å². The maximum absolute atomic E-state index is 12.7. The van der Waals surface area contributed by atoms with E-state index in [0.717, 1.165) is 16.1 Å². The second-order valence-corrected chi connectivity index (χ2v) is 11.9. The highest BCUT2D eigenvalue weighted by Gasteiger charge is 2.26. The first kappa shape index (κ1) is 24.3. The monoisotopic (exact) mass is 467 g/mol. The predicted molar refractivity (Wildman–Crippen MR) is 130 cm³/mol. The molecule has 32 heavy (non-hydrogen) atoms. The van der Waals surface area contributed by atoms with Crippen LogP contribution in [0.3, 0.4) is 0 Å². The summed E-state index contributed by atoms with van der Waals surface area (Å²) in [4.78, 5) is 21.3. The van der Waals surface area contributed by atoms with E-state index in [4.69, 9.17) is 4.43 Å². The van der Waals surface area contributed by atoms with Gasteiger partial charge in [0.05, 0.1) is 24.3 Å². The number of nitrogens with zero attached hydrogens (tertiary/aromatic N) is 2. The molecule has 0 saturated heterocycles. The molecule has 6 nitrogen and oxygen atoms in total. The highest BCUT2D eigenvalue weighted by atomic mass is 32.1. The lowest BCUT2D eigenvalue weighted by atomic mass is 9.96.